The number of methoxy groups -OCH3 is 2. The summed E-state index contributed by atoms with van der Waals surface area (Å²) in [6.07, 6.45) is 7.39. The monoisotopic (exact) mass is 474 g/mol. The summed E-state index contributed by atoms with van der Waals surface area (Å²) in [5, 5.41) is 0. The SMILES string of the molecule is COC(=O)C=CC(CC=C(C)C1CC(C)(C)c2ccccc2C1(C)C)c1cccc(C(=O)OC)c1. The molecule has 2 unspecified atom stereocenters. The lowest BCUT2D eigenvalue weighted by Crippen LogP contribution is -2.42. The largest absolute Gasteiger partial charge is 0.466 e. The lowest BCUT2D eigenvalue weighted by Gasteiger charge is -2.48. The zero-order chi connectivity index (χ0) is 25.8. The molecule has 1 aliphatic carbocycles. The second-order valence-electron chi connectivity index (χ2n) is 10.7. The molecule has 0 amide bonds. The van der Waals surface area contributed by atoms with Gasteiger partial charge in [-0.05, 0) is 65.3 Å². The summed E-state index contributed by atoms with van der Waals surface area (Å²) in [6, 6.07) is 16.2. The van der Waals surface area contributed by atoms with Crippen molar-refractivity contribution >= 4 is 11.9 Å². The molecule has 0 saturated heterocycles. The van der Waals surface area contributed by atoms with Crippen LogP contribution < -0.4 is 0 Å². The summed E-state index contributed by atoms with van der Waals surface area (Å²) < 4.78 is 9.70. The Bertz CT molecular complexity index is 1140. The van der Waals surface area contributed by atoms with Crippen molar-refractivity contribution in [1.29, 1.82) is 0 Å². The standard InChI is InChI=1S/C31H38O4/c1-21(27-20-30(2,3)25-13-8-9-14-26(25)31(27,4)5)15-16-22(17-18-28(32)34-6)23-11-10-12-24(19-23)29(33)35-7/h8-15,17-19,22,27H,16,20H2,1-7H3. The van der Waals surface area contributed by atoms with E-state index in [0.29, 0.717) is 17.9 Å². The molecule has 0 spiro atoms. The van der Waals surface area contributed by atoms with E-state index in [1.165, 1.54) is 37.0 Å². The second-order valence-corrected chi connectivity index (χ2v) is 10.7. The second kappa shape index (κ2) is 10.6. The third kappa shape index (κ3) is 5.75. The van der Waals surface area contributed by atoms with Crippen molar-refractivity contribution in [2.45, 2.75) is 64.2 Å². The van der Waals surface area contributed by atoms with Crippen molar-refractivity contribution in [3.05, 3.63) is 94.6 Å². The van der Waals surface area contributed by atoms with Crippen LogP contribution in [0.3, 0.4) is 0 Å². The Morgan fingerprint density at radius 2 is 1.69 bits per heavy atom. The molecular weight excluding hydrogens is 436 g/mol. The van der Waals surface area contributed by atoms with Crippen LogP contribution in [0.15, 0.2) is 72.3 Å². The first-order valence-electron chi connectivity index (χ1n) is 12.2. The fraction of sp³-hybridized carbons (Fsp3) is 0.419. The summed E-state index contributed by atoms with van der Waals surface area (Å²) >= 11 is 0. The van der Waals surface area contributed by atoms with Crippen LogP contribution in [-0.2, 0) is 25.1 Å². The molecule has 4 heteroatoms. The molecular formula is C31H38O4. The van der Waals surface area contributed by atoms with Crippen LogP contribution in [0, 0.1) is 5.92 Å². The Morgan fingerprint density at radius 1 is 1.00 bits per heavy atom. The van der Waals surface area contributed by atoms with Crippen molar-refractivity contribution in [2.75, 3.05) is 14.2 Å². The van der Waals surface area contributed by atoms with Crippen LogP contribution in [0.4, 0.5) is 0 Å². The maximum atomic E-state index is 12.1. The van der Waals surface area contributed by atoms with Crippen LogP contribution >= 0.6 is 0 Å². The third-order valence-electron chi connectivity index (χ3n) is 7.58. The van der Waals surface area contributed by atoms with E-state index in [1.54, 1.807) is 6.07 Å². The minimum Gasteiger partial charge on any atom is -0.466 e. The van der Waals surface area contributed by atoms with E-state index in [2.05, 4.69) is 65.0 Å². The summed E-state index contributed by atoms with van der Waals surface area (Å²) in [5.41, 5.74) is 5.74. The van der Waals surface area contributed by atoms with Crippen LogP contribution in [0.5, 0.6) is 0 Å². The third-order valence-corrected chi connectivity index (χ3v) is 7.58. The highest BCUT2D eigenvalue weighted by Crippen LogP contribution is 2.51. The van der Waals surface area contributed by atoms with Crippen LogP contribution in [0.2, 0.25) is 0 Å². The zero-order valence-electron chi connectivity index (χ0n) is 22.1. The molecule has 4 nitrogen and oxygen atoms in total. The molecule has 0 saturated carbocycles. The highest BCUT2D eigenvalue weighted by molar-refractivity contribution is 5.89. The molecule has 0 fully saturated rings. The number of carbonyl (C=O) groups excluding carboxylic acids is 2. The van der Waals surface area contributed by atoms with Crippen molar-refractivity contribution in [2.24, 2.45) is 5.92 Å². The van der Waals surface area contributed by atoms with Gasteiger partial charge in [-0.25, -0.2) is 9.59 Å². The fourth-order valence-corrected chi connectivity index (χ4v) is 5.49. The van der Waals surface area contributed by atoms with Crippen molar-refractivity contribution in [3.8, 4) is 0 Å². The van der Waals surface area contributed by atoms with Gasteiger partial charge in [0.15, 0.2) is 0 Å². The molecule has 35 heavy (non-hydrogen) atoms. The van der Waals surface area contributed by atoms with Gasteiger partial charge < -0.3 is 9.47 Å². The Hall–Kier alpha value is -3.14. The van der Waals surface area contributed by atoms with Gasteiger partial charge in [-0.2, -0.15) is 0 Å². The van der Waals surface area contributed by atoms with Gasteiger partial charge in [0.25, 0.3) is 0 Å². The van der Waals surface area contributed by atoms with Gasteiger partial charge in [0.1, 0.15) is 0 Å². The van der Waals surface area contributed by atoms with Gasteiger partial charge in [-0.3, -0.25) is 0 Å². The quantitative estimate of drug-likeness (QED) is 0.249. The average molecular weight is 475 g/mol. The van der Waals surface area contributed by atoms with Crippen molar-refractivity contribution < 1.29 is 19.1 Å². The number of rotatable bonds is 7. The maximum absolute atomic E-state index is 12.1. The predicted octanol–water partition coefficient (Wildman–Crippen LogP) is 6.90. The lowest BCUT2D eigenvalue weighted by molar-refractivity contribution is -0.134. The van der Waals surface area contributed by atoms with Crippen molar-refractivity contribution in [1.82, 2.24) is 0 Å². The zero-order valence-corrected chi connectivity index (χ0v) is 22.1. The molecule has 0 radical (unpaired) electrons. The molecule has 0 aliphatic heterocycles. The number of allylic oxidation sites excluding steroid dienone is 3. The molecule has 0 aromatic heterocycles. The lowest BCUT2D eigenvalue weighted by atomic mass is 9.56. The normalized spacial score (nSPS) is 19.6. The number of esters is 2. The number of hydrogen-bond donors (Lipinski definition) is 0. The van der Waals surface area contributed by atoms with E-state index in [9.17, 15) is 9.59 Å². The van der Waals surface area contributed by atoms with E-state index in [-0.39, 0.29) is 22.7 Å². The van der Waals surface area contributed by atoms with Gasteiger partial charge >= 0.3 is 11.9 Å². The Balaban J connectivity index is 1.94. The number of ether oxygens (including phenoxy) is 2. The van der Waals surface area contributed by atoms with Gasteiger partial charge in [-0.15, -0.1) is 0 Å². The molecule has 3 rings (SSSR count). The summed E-state index contributed by atoms with van der Waals surface area (Å²) in [5.74, 6) is -0.467. The maximum Gasteiger partial charge on any atom is 0.337 e. The van der Waals surface area contributed by atoms with Crippen LogP contribution in [-0.4, -0.2) is 26.2 Å². The molecule has 0 heterocycles. The first-order valence-corrected chi connectivity index (χ1v) is 12.2. The van der Waals surface area contributed by atoms with Gasteiger partial charge in [-0.1, -0.05) is 81.8 Å². The van der Waals surface area contributed by atoms with E-state index >= 15 is 0 Å². The number of benzene rings is 2. The van der Waals surface area contributed by atoms with Gasteiger partial charge in [0.2, 0.25) is 0 Å². The van der Waals surface area contributed by atoms with Crippen LogP contribution in [0.25, 0.3) is 0 Å². The minimum atomic E-state index is -0.397. The van der Waals surface area contributed by atoms with E-state index in [1.807, 2.05) is 24.3 Å². The smallest absolute Gasteiger partial charge is 0.337 e. The Labute approximate surface area is 210 Å². The van der Waals surface area contributed by atoms with E-state index in [4.69, 9.17) is 9.47 Å². The van der Waals surface area contributed by atoms with Crippen LogP contribution in [0.1, 0.15) is 80.4 Å². The summed E-state index contributed by atoms with van der Waals surface area (Å²) in [4.78, 5) is 23.9. The predicted molar refractivity (Wildman–Crippen MR) is 141 cm³/mol. The van der Waals surface area contributed by atoms with Crippen molar-refractivity contribution in [3.63, 3.8) is 0 Å². The summed E-state index contributed by atoms with van der Waals surface area (Å²) in [7, 11) is 2.75. The average Bonchev–Trinajstić information content (AvgIpc) is 2.85. The minimum absolute atomic E-state index is 0.00878. The summed E-state index contributed by atoms with van der Waals surface area (Å²) in [6.45, 7) is 11.6. The Kier molecular flexibility index (Phi) is 8.04. The highest BCUT2D eigenvalue weighted by Gasteiger charge is 2.44. The molecule has 2 aromatic carbocycles. The molecule has 2 aromatic rings. The van der Waals surface area contributed by atoms with Gasteiger partial charge in [0.05, 0.1) is 19.8 Å². The topological polar surface area (TPSA) is 52.6 Å². The highest BCUT2D eigenvalue weighted by atomic mass is 16.5. The number of fused-ring (bicyclic) bond motifs is 1. The Morgan fingerprint density at radius 3 is 2.34 bits per heavy atom. The number of hydrogen-bond acceptors (Lipinski definition) is 4. The first-order chi connectivity index (χ1) is 16.5. The molecule has 0 bridgehead atoms. The first kappa shape index (κ1) is 26.5. The molecule has 1 aliphatic rings. The number of carbonyl (C=O) groups is 2. The fourth-order valence-electron chi connectivity index (χ4n) is 5.49. The van der Waals surface area contributed by atoms with Gasteiger partial charge in [0, 0.05) is 12.0 Å². The molecule has 2 atom stereocenters. The molecule has 0 N–H and O–H groups in total. The molecule has 186 valence electrons. The van der Waals surface area contributed by atoms with E-state index < -0.39 is 5.97 Å². The van der Waals surface area contributed by atoms with E-state index in [0.717, 1.165) is 12.0 Å².